The van der Waals surface area contributed by atoms with E-state index in [2.05, 4.69) is 27.7 Å². The fourth-order valence-corrected chi connectivity index (χ4v) is 3.93. The minimum Gasteiger partial charge on any atom is -0.368 e. The van der Waals surface area contributed by atoms with E-state index in [4.69, 9.17) is 5.73 Å². The highest BCUT2D eigenvalue weighted by Crippen LogP contribution is 2.46. The van der Waals surface area contributed by atoms with E-state index in [0.29, 0.717) is 11.3 Å². The van der Waals surface area contributed by atoms with Gasteiger partial charge in [0.1, 0.15) is 12.4 Å². The van der Waals surface area contributed by atoms with E-state index in [1.54, 1.807) is 0 Å². The van der Waals surface area contributed by atoms with E-state index >= 15 is 0 Å². The topological polar surface area (TPSA) is 63.4 Å². The summed E-state index contributed by atoms with van der Waals surface area (Å²) in [4.78, 5) is 26.1. The number of nitrogens with zero attached hydrogens (tertiary/aromatic N) is 1. The number of carbonyl (C=O) groups excluding carboxylic acids is 2. The van der Waals surface area contributed by atoms with Crippen LogP contribution in [0.2, 0.25) is 0 Å². The number of carbonyl (C=O) groups is 2. The number of nitrogens with two attached hydrogens (primary N) is 1. The van der Waals surface area contributed by atoms with Gasteiger partial charge in [0, 0.05) is 11.3 Å². The van der Waals surface area contributed by atoms with Gasteiger partial charge in [-0.25, -0.2) is 4.39 Å². The highest BCUT2D eigenvalue weighted by molar-refractivity contribution is 6.08. The first-order valence-electron chi connectivity index (χ1n) is 9.52. The smallest absolute Gasteiger partial charge is 0.258 e. The molecule has 0 aromatic heterocycles. The molecule has 1 aliphatic rings. The molecule has 0 radical (unpaired) electrons. The van der Waals surface area contributed by atoms with Gasteiger partial charge in [-0.05, 0) is 71.2 Å². The molecular weight excluding hydrogens is 355 g/mol. The summed E-state index contributed by atoms with van der Waals surface area (Å²) in [6, 6.07) is 11.2. The molecule has 0 aliphatic heterocycles. The maximum absolute atomic E-state index is 13.3. The van der Waals surface area contributed by atoms with Crippen molar-refractivity contribution < 1.29 is 14.0 Å². The van der Waals surface area contributed by atoms with Crippen LogP contribution < -0.4 is 10.6 Å². The number of fused-ring (bicyclic) bond motifs is 1. The first-order valence-corrected chi connectivity index (χ1v) is 9.52. The molecule has 0 bridgehead atoms. The lowest BCUT2D eigenvalue weighted by molar-refractivity contribution is -0.116. The highest BCUT2D eigenvalue weighted by atomic mass is 19.1. The van der Waals surface area contributed by atoms with Gasteiger partial charge < -0.3 is 5.73 Å². The third-order valence-electron chi connectivity index (χ3n) is 5.80. The fourth-order valence-electron chi connectivity index (χ4n) is 3.93. The quantitative estimate of drug-likeness (QED) is 0.857. The Hall–Kier alpha value is -2.69. The van der Waals surface area contributed by atoms with Crippen LogP contribution in [0.15, 0.2) is 42.5 Å². The number of amides is 2. The Balaban J connectivity index is 2.04. The third-order valence-corrected chi connectivity index (χ3v) is 5.80. The van der Waals surface area contributed by atoms with Gasteiger partial charge in [0.2, 0.25) is 5.91 Å². The zero-order valence-electron chi connectivity index (χ0n) is 16.9. The molecule has 5 heteroatoms. The molecule has 0 spiro atoms. The molecule has 2 N–H and O–H groups in total. The van der Waals surface area contributed by atoms with Crippen LogP contribution in [0.1, 0.15) is 62.0 Å². The molecule has 0 saturated heterocycles. The summed E-state index contributed by atoms with van der Waals surface area (Å²) in [6.45, 7) is 8.56. The number of benzene rings is 2. The van der Waals surface area contributed by atoms with Gasteiger partial charge in [0.25, 0.3) is 5.91 Å². The SMILES string of the molecule is CC1(C)CCC(C)(C)c2cc(C(=O)N(CC(N)=O)c3ccc(F)cc3)ccc21. The minimum absolute atomic E-state index is 0.0362. The molecule has 2 aromatic rings. The lowest BCUT2D eigenvalue weighted by Crippen LogP contribution is -2.39. The van der Waals surface area contributed by atoms with E-state index < -0.39 is 11.7 Å². The van der Waals surface area contributed by atoms with Crippen molar-refractivity contribution in [1.29, 1.82) is 0 Å². The normalized spacial score (nSPS) is 16.9. The average molecular weight is 382 g/mol. The fraction of sp³-hybridized carbons (Fsp3) is 0.391. The predicted octanol–water partition coefficient (Wildman–Crippen LogP) is 4.31. The lowest BCUT2D eigenvalue weighted by atomic mass is 9.63. The van der Waals surface area contributed by atoms with Crippen molar-refractivity contribution in [2.45, 2.75) is 51.4 Å². The molecule has 0 saturated carbocycles. The second-order valence-corrected chi connectivity index (χ2v) is 8.86. The molecule has 0 fully saturated rings. The summed E-state index contributed by atoms with van der Waals surface area (Å²) in [5, 5.41) is 0. The average Bonchev–Trinajstić information content (AvgIpc) is 2.63. The van der Waals surface area contributed by atoms with Crippen LogP contribution in [0.3, 0.4) is 0 Å². The van der Waals surface area contributed by atoms with E-state index in [0.717, 1.165) is 18.4 Å². The zero-order chi connectivity index (χ0) is 20.7. The zero-order valence-corrected chi connectivity index (χ0v) is 16.9. The van der Waals surface area contributed by atoms with E-state index in [1.165, 1.54) is 34.7 Å². The van der Waals surface area contributed by atoms with Crippen molar-refractivity contribution in [3.63, 3.8) is 0 Å². The first kappa shape index (κ1) is 20.1. The standard InChI is InChI=1S/C23H27FN2O2/c1-22(2)11-12-23(3,4)19-13-15(5-10-18(19)22)21(28)26(14-20(25)27)17-8-6-16(24)7-9-17/h5-10,13H,11-12,14H2,1-4H3,(H2,25,27). The molecule has 2 amide bonds. The summed E-state index contributed by atoms with van der Waals surface area (Å²) < 4.78 is 13.3. The maximum atomic E-state index is 13.3. The third kappa shape index (κ3) is 3.79. The van der Waals surface area contributed by atoms with Crippen LogP contribution in [0, 0.1) is 5.82 Å². The first-order chi connectivity index (χ1) is 13.0. The number of primary amides is 1. The van der Waals surface area contributed by atoms with Crippen molar-refractivity contribution in [2.24, 2.45) is 5.73 Å². The largest absolute Gasteiger partial charge is 0.368 e. The van der Waals surface area contributed by atoms with Crippen LogP contribution in [0.25, 0.3) is 0 Å². The molecule has 0 atom stereocenters. The van der Waals surface area contributed by atoms with Gasteiger partial charge in [0.05, 0.1) is 0 Å². The second-order valence-electron chi connectivity index (χ2n) is 8.86. The van der Waals surface area contributed by atoms with Crippen LogP contribution in [-0.4, -0.2) is 18.4 Å². The summed E-state index contributed by atoms with van der Waals surface area (Å²) in [5.74, 6) is -1.36. The number of hydrogen-bond donors (Lipinski definition) is 1. The Bertz CT molecular complexity index is 917. The van der Waals surface area contributed by atoms with E-state index in [-0.39, 0.29) is 23.3 Å². The van der Waals surface area contributed by atoms with Crippen molar-refractivity contribution >= 4 is 17.5 Å². The van der Waals surface area contributed by atoms with Crippen LogP contribution in [-0.2, 0) is 15.6 Å². The predicted molar refractivity (Wildman–Crippen MR) is 109 cm³/mol. The molecule has 1 aliphatic carbocycles. The van der Waals surface area contributed by atoms with Gasteiger partial charge in [-0.3, -0.25) is 14.5 Å². The monoisotopic (exact) mass is 382 g/mol. The number of anilines is 1. The van der Waals surface area contributed by atoms with Gasteiger partial charge in [-0.2, -0.15) is 0 Å². The summed E-state index contributed by atoms with van der Waals surface area (Å²) in [7, 11) is 0. The molecule has 148 valence electrons. The Morgan fingerprint density at radius 3 is 2.11 bits per heavy atom. The van der Waals surface area contributed by atoms with Gasteiger partial charge in [-0.1, -0.05) is 33.8 Å². The Kier molecular flexibility index (Phi) is 5.04. The molecule has 2 aromatic carbocycles. The molecule has 28 heavy (non-hydrogen) atoms. The lowest BCUT2D eigenvalue weighted by Gasteiger charge is -2.42. The molecular formula is C23H27FN2O2. The van der Waals surface area contributed by atoms with Crippen LogP contribution >= 0.6 is 0 Å². The molecule has 0 heterocycles. The molecule has 0 unspecified atom stereocenters. The molecule has 4 nitrogen and oxygen atoms in total. The Morgan fingerprint density at radius 2 is 1.54 bits per heavy atom. The molecule has 3 rings (SSSR count). The minimum atomic E-state index is -0.628. The van der Waals surface area contributed by atoms with E-state index in [9.17, 15) is 14.0 Å². The van der Waals surface area contributed by atoms with Gasteiger partial charge >= 0.3 is 0 Å². The number of hydrogen-bond acceptors (Lipinski definition) is 2. The van der Waals surface area contributed by atoms with Gasteiger partial charge in [-0.15, -0.1) is 0 Å². The van der Waals surface area contributed by atoms with Crippen LogP contribution in [0.5, 0.6) is 0 Å². The number of halogens is 1. The summed E-state index contributed by atoms with van der Waals surface area (Å²) in [6.07, 6.45) is 2.12. The Labute approximate surface area is 165 Å². The van der Waals surface area contributed by atoms with Crippen molar-refractivity contribution in [3.8, 4) is 0 Å². The van der Waals surface area contributed by atoms with Crippen molar-refractivity contribution in [1.82, 2.24) is 0 Å². The highest BCUT2D eigenvalue weighted by Gasteiger charge is 2.37. The van der Waals surface area contributed by atoms with Crippen molar-refractivity contribution in [3.05, 3.63) is 65.0 Å². The maximum Gasteiger partial charge on any atom is 0.258 e. The Morgan fingerprint density at radius 1 is 0.964 bits per heavy atom. The second kappa shape index (κ2) is 7.04. The van der Waals surface area contributed by atoms with E-state index in [1.807, 2.05) is 18.2 Å². The van der Waals surface area contributed by atoms with Crippen LogP contribution in [0.4, 0.5) is 10.1 Å². The van der Waals surface area contributed by atoms with Gasteiger partial charge in [0.15, 0.2) is 0 Å². The number of rotatable bonds is 4. The summed E-state index contributed by atoms with van der Waals surface area (Å²) in [5.41, 5.74) is 8.72. The summed E-state index contributed by atoms with van der Waals surface area (Å²) >= 11 is 0. The van der Waals surface area contributed by atoms with Crippen molar-refractivity contribution in [2.75, 3.05) is 11.4 Å².